The van der Waals surface area contributed by atoms with Crippen LogP contribution in [-0.2, 0) is 29.8 Å². The zero-order chi connectivity index (χ0) is 34.1. The summed E-state index contributed by atoms with van der Waals surface area (Å²) < 4.78 is 55.3. The molecule has 6 rings (SSSR count). The van der Waals surface area contributed by atoms with Crippen LogP contribution in [0.5, 0.6) is 17.2 Å². The van der Waals surface area contributed by atoms with Gasteiger partial charge in [0.15, 0.2) is 11.4 Å². The summed E-state index contributed by atoms with van der Waals surface area (Å²) in [4.78, 5) is 26.2. The Kier molecular flexibility index (Phi) is 9.07. The Morgan fingerprint density at radius 2 is 1.46 bits per heavy atom. The molecule has 1 heterocycles. The van der Waals surface area contributed by atoms with Crippen molar-refractivity contribution < 1.29 is 51.4 Å². The predicted molar refractivity (Wildman–Crippen MR) is 173 cm³/mol. The summed E-state index contributed by atoms with van der Waals surface area (Å²) in [5.41, 5.74) is 1.71. The Morgan fingerprint density at radius 1 is 0.833 bits per heavy atom. The molecule has 0 spiro atoms. The second-order valence-electron chi connectivity index (χ2n) is 10.6. The van der Waals surface area contributed by atoms with Gasteiger partial charge in [-0.15, -0.1) is 4.33 Å². The molecule has 1 aliphatic heterocycles. The van der Waals surface area contributed by atoms with Crippen LogP contribution in [0.1, 0.15) is 48.5 Å². The lowest BCUT2D eigenvalue weighted by atomic mass is 9.80. The van der Waals surface area contributed by atoms with Gasteiger partial charge in [0.25, 0.3) is 10.1 Å². The number of carbonyl (C=O) groups is 2. The summed E-state index contributed by atoms with van der Waals surface area (Å²) >= 11 is 0.566. The van der Waals surface area contributed by atoms with E-state index in [-0.39, 0.29) is 32.2 Å². The molecule has 2 N–H and O–H groups in total. The van der Waals surface area contributed by atoms with Crippen LogP contribution in [0.2, 0.25) is 0 Å². The number of hydrogen-bond donors (Lipinski definition) is 2. The molecule has 48 heavy (non-hydrogen) atoms. The number of methoxy groups -OCH3 is 1. The van der Waals surface area contributed by atoms with Gasteiger partial charge in [0.1, 0.15) is 17.2 Å². The lowest BCUT2D eigenvalue weighted by Gasteiger charge is -2.30. The number of esters is 1. The maximum atomic E-state index is 13.3. The molecule has 5 aromatic carbocycles. The summed E-state index contributed by atoms with van der Waals surface area (Å²) in [5, 5.41) is 12.6. The molecule has 244 valence electrons. The van der Waals surface area contributed by atoms with E-state index in [9.17, 15) is 22.6 Å². The van der Waals surface area contributed by atoms with Crippen molar-refractivity contribution in [3.05, 3.63) is 148 Å². The third kappa shape index (κ3) is 6.18. The predicted octanol–water partition coefficient (Wildman–Crippen LogP) is 7.16. The Morgan fingerprint density at radius 3 is 2.10 bits per heavy atom. The minimum absolute atomic E-state index is 0.0211. The van der Waals surface area contributed by atoms with Crippen molar-refractivity contribution in [3.63, 3.8) is 0 Å². The van der Waals surface area contributed by atoms with Gasteiger partial charge in [-0.25, -0.2) is 10.1 Å². The van der Waals surface area contributed by atoms with E-state index >= 15 is 0 Å². The quantitative estimate of drug-likeness (QED) is 0.0362. The fraction of sp³-hybridized carbons (Fsp3) is 0.0857. The van der Waals surface area contributed by atoms with E-state index < -0.39 is 27.5 Å². The molecule has 13 heteroatoms. The van der Waals surface area contributed by atoms with Crippen LogP contribution in [0.3, 0.4) is 0 Å². The number of benzene rings is 5. The van der Waals surface area contributed by atoms with Crippen molar-refractivity contribution in [1.29, 1.82) is 0 Å². The maximum absolute atomic E-state index is 13.3. The number of fused-ring (bicyclic) bond motifs is 1. The average Bonchev–Trinajstić information content (AvgIpc) is 3.40. The zero-order valence-corrected chi connectivity index (χ0v) is 26.9. The molecule has 0 aromatic heterocycles. The second kappa shape index (κ2) is 13.2. The zero-order valence-electron chi connectivity index (χ0n) is 25.3. The smallest absolute Gasteiger partial charge is 0.340 e. The first kappa shape index (κ1) is 32.9. The van der Waals surface area contributed by atoms with Crippen molar-refractivity contribution >= 4 is 33.9 Å². The summed E-state index contributed by atoms with van der Waals surface area (Å²) in [6.07, 6.45) is 0. The largest absolute Gasteiger partial charge is 0.497 e. The SMILES string of the molecule is COc1ccc(C2(c3ccc(Oc4ccc(C(=O)c5ccc(C)c(S(=O)(=O)O)c5)cc4SOOO)cc3)OC(=O)c3ccccc32)cc1. The number of rotatable bonds is 11. The average molecular weight is 687 g/mol. The maximum Gasteiger partial charge on any atom is 0.340 e. The number of carbonyl (C=O) groups excluding carboxylic acids is 2. The van der Waals surface area contributed by atoms with Gasteiger partial charge in [-0.3, -0.25) is 9.35 Å². The van der Waals surface area contributed by atoms with E-state index in [1.165, 1.54) is 37.3 Å². The fourth-order valence-electron chi connectivity index (χ4n) is 5.56. The number of cyclic esters (lactones) is 1. The standard InChI is InChI=1S/C35H26O11S2/c1-21-7-8-23(20-32(21)48(39,40)41)33(36)22-9-18-30(31(19-22)47-46-45-38)43-27-16-12-25(13-17-27)35(24-10-14-26(42-2)15-11-24)29-6-4-3-5-28(29)34(37)44-35/h3-20,38H,1-2H3,(H,39,40,41). The highest BCUT2D eigenvalue weighted by Gasteiger charge is 2.48. The molecule has 1 unspecified atom stereocenters. The molecule has 0 saturated heterocycles. The van der Waals surface area contributed by atoms with Gasteiger partial charge in [0, 0.05) is 27.8 Å². The second-order valence-corrected chi connectivity index (χ2v) is 12.8. The molecule has 0 amide bonds. The van der Waals surface area contributed by atoms with Crippen LogP contribution in [0.25, 0.3) is 0 Å². The Labute approximate surface area is 279 Å². The number of aryl methyl sites for hydroxylation is 1. The Bertz CT molecular complexity index is 2130. The highest BCUT2D eigenvalue weighted by molar-refractivity contribution is 7.94. The monoisotopic (exact) mass is 686 g/mol. The molecule has 5 aromatic rings. The number of ether oxygens (including phenoxy) is 3. The summed E-state index contributed by atoms with van der Waals surface area (Å²) in [6.45, 7) is 1.50. The normalized spacial score (nSPS) is 15.5. The molecule has 11 nitrogen and oxygen atoms in total. The van der Waals surface area contributed by atoms with Crippen LogP contribution in [0, 0.1) is 6.92 Å². The Hall–Kier alpha value is -5.02. The molecular weight excluding hydrogens is 661 g/mol. The van der Waals surface area contributed by atoms with Gasteiger partial charge in [0.2, 0.25) is 0 Å². The first-order valence-electron chi connectivity index (χ1n) is 14.2. The first-order chi connectivity index (χ1) is 23.0. The molecule has 0 fully saturated rings. The molecule has 1 atom stereocenters. The van der Waals surface area contributed by atoms with Crippen LogP contribution >= 0.6 is 12.0 Å². The third-order valence-electron chi connectivity index (χ3n) is 7.85. The first-order valence-corrected chi connectivity index (χ1v) is 16.4. The summed E-state index contributed by atoms with van der Waals surface area (Å²) in [6, 6.07) is 29.7. The number of hydrogen-bond acceptors (Lipinski definition) is 11. The van der Waals surface area contributed by atoms with Gasteiger partial charge >= 0.3 is 5.97 Å². The molecule has 1 aliphatic rings. The van der Waals surface area contributed by atoms with Crippen LogP contribution in [0.15, 0.2) is 119 Å². The van der Waals surface area contributed by atoms with E-state index in [4.69, 9.17) is 19.5 Å². The fourth-order valence-corrected chi connectivity index (χ4v) is 6.78. The van der Waals surface area contributed by atoms with Crippen molar-refractivity contribution in [3.8, 4) is 17.2 Å². The molecule has 0 aliphatic carbocycles. The van der Waals surface area contributed by atoms with E-state index in [1.54, 1.807) is 55.6 Å². The van der Waals surface area contributed by atoms with Gasteiger partial charge in [0.05, 0.1) is 34.5 Å². The lowest BCUT2D eigenvalue weighted by Crippen LogP contribution is -2.29. The van der Waals surface area contributed by atoms with Gasteiger partial charge in [-0.2, -0.15) is 8.42 Å². The van der Waals surface area contributed by atoms with Gasteiger partial charge in [-0.1, -0.05) is 59.6 Å². The topological polar surface area (TPSA) is 155 Å². The molecule has 0 radical (unpaired) electrons. The van der Waals surface area contributed by atoms with Crippen molar-refractivity contribution in [2.45, 2.75) is 22.3 Å². The number of ketones is 1. The third-order valence-corrected chi connectivity index (χ3v) is 9.47. The highest BCUT2D eigenvalue weighted by atomic mass is 32.2. The van der Waals surface area contributed by atoms with Gasteiger partial charge in [-0.05, 0) is 67.1 Å². The van der Waals surface area contributed by atoms with Crippen molar-refractivity contribution in [2.24, 2.45) is 0 Å². The van der Waals surface area contributed by atoms with Crippen LogP contribution < -0.4 is 9.47 Å². The van der Waals surface area contributed by atoms with Crippen molar-refractivity contribution in [2.75, 3.05) is 7.11 Å². The minimum Gasteiger partial charge on any atom is -0.497 e. The lowest BCUT2D eigenvalue weighted by molar-refractivity contribution is -0.432. The molecule has 0 bridgehead atoms. The van der Waals surface area contributed by atoms with Gasteiger partial charge < -0.3 is 14.2 Å². The highest BCUT2D eigenvalue weighted by Crippen LogP contribution is 2.47. The van der Waals surface area contributed by atoms with E-state index in [0.717, 1.165) is 6.07 Å². The Balaban J connectivity index is 1.33. The summed E-state index contributed by atoms with van der Waals surface area (Å²) in [7, 11) is -2.98. The van der Waals surface area contributed by atoms with E-state index in [0.29, 0.717) is 45.8 Å². The summed E-state index contributed by atoms with van der Waals surface area (Å²) in [5.74, 6) is 0.255. The van der Waals surface area contributed by atoms with Crippen LogP contribution in [0.4, 0.5) is 0 Å². The molecular formula is C35H26O11S2. The van der Waals surface area contributed by atoms with E-state index in [1.807, 2.05) is 24.3 Å². The molecule has 0 saturated carbocycles. The van der Waals surface area contributed by atoms with Crippen molar-refractivity contribution in [1.82, 2.24) is 0 Å². The van der Waals surface area contributed by atoms with Crippen LogP contribution in [-0.4, -0.2) is 37.1 Å². The minimum atomic E-state index is -4.55. The van der Waals surface area contributed by atoms with E-state index in [2.05, 4.69) is 9.37 Å².